The highest BCUT2D eigenvalue weighted by Gasteiger charge is 2.27. The summed E-state index contributed by atoms with van der Waals surface area (Å²) in [6.07, 6.45) is 0. The molecule has 0 aliphatic rings. The normalized spacial score (nSPS) is 11.8. The zero-order valence-corrected chi connectivity index (χ0v) is 10.4. The molecule has 4 N–H and O–H groups in total. The fourth-order valence-electron chi connectivity index (χ4n) is 1.64. The van der Waals surface area contributed by atoms with Crippen LogP contribution in [0.5, 0.6) is 0 Å². The van der Waals surface area contributed by atoms with Crippen LogP contribution >= 0.6 is 0 Å². The molecule has 0 saturated carbocycles. The molecule has 0 unspecified atom stereocenters. The number of benzene rings is 1. The zero-order chi connectivity index (χ0) is 12.9. The molecular formula is C13H21NO3. The Hall–Kier alpha value is -0.940. The van der Waals surface area contributed by atoms with Gasteiger partial charge in [-0.2, -0.15) is 0 Å². The van der Waals surface area contributed by atoms with Crippen LogP contribution < -0.4 is 5.32 Å². The Bertz CT molecular complexity index is 353. The second-order valence-corrected chi connectivity index (χ2v) is 4.54. The Morgan fingerprint density at radius 1 is 1.06 bits per heavy atom. The second kappa shape index (κ2) is 6.12. The van der Waals surface area contributed by atoms with Crippen molar-refractivity contribution in [2.75, 3.05) is 19.8 Å². The van der Waals surface area contributed by atoms with Crippen molar-refractivity contribution in [3.8, 4) is 0 Å². The topological polar surface area (TPSA) is 72.7 Å². The van der Waals surface area contributed by atoms with Gasteiger partial charge in [-0.1, -0.05) is 23.8 Å². The fraction of sp³-hybridized carbons (Fsp3) is 0.538. The summed E-state index contributed by atoms with van der Waals surface area (Å²) in [5.41, 5.74) is 2.43. The predicted molar refractivity (Wildman–Crippen MR) is 66.7 cm³/mol. The van der Waals surface area contributed by atoms with Gasteiger partial charge in [0.2, 0.25) is 0 Å². The summed E-state index contributed by atoms with van der Waals surface area (Å²) in [6, 6.07) is 6.10. The van der Waals surface area contributed by atoms with E-state index in [0.29, 0.717) is 6.54 Å². The number of rotatable bonds is 6. The average molecular weight is 239 g/mol. The van der Waals surface area contributed by atoms with Crippen molar-refractivity contribution in [3.63, 3.8) is 0 Å². The first-order valence-electron chi connectivity index (χ1n) is 5.70. The van der Waals surface area contributed by atoms with Crippen LogP contribution in [-0.4, -0.2) is 40.7 Å². The molecule has 0 spiro atoms. The van der Waals surface area contributed by atoms with Gasteiger partial charge in [0.1, 0.15) is 0 Å². The van der Waals surface area contributed by atoms with Crippen molar-refractivity contribution in [1.82, 2.24) is 5.32 Å². The van der Waals surface area contributed by atoms with E-state index in [0.717, 1.165) is 11.1 Å². The Morgan fingerprint density at radius 2 is 1.65 bits per heavy atom. The van der Waals surface area contributed by atoms with Crippen LogP contribution in [0.2, 0.25) is 0 Å². The molecule has 0 heterocycles. The van der Waals surface area contributed by atoms with Crippen LogP contribution in [0.1, 0.15) is 16.7 Å². The number of aliphatic hydroxyl groups excluding tert-OH is 3. The van der Waals surface area contributed by atoms with Gasteiger partial charge in [-0.05, 0) is 25.0 Å². The quantitative estimate of drug-likeness (QED) is 0.568. The molecule has 0 aliphatic carbocycles. The third-order valence-electron chi connectivity index (χ3n) is 3.06. The molecule has 1 aromatic carbocycles. The zero-order valence-electron chi connectivity index (χ0n) is 10.4. The summed E-state index contributed by atoms with van der Waals surface area (Å²) in [5.74, 6) is 0. The first-order chi connectivity index (χ1) is 8.06. The van der Waals surface area contributed by atoms with Crippen molar-refractivity contribution in [2.24, 2.45) is 0 Å². The van der Waals surface area contributed by atoms with E-state index in [1.807, 2.05) is 26.0 Å². The van der Waals surface area contributed by atoms with E-state index in [4.69, 9.17) is 0 Å². The summed E-state index contributed by atoms with van der Waals surface area (Å²) in [4.78, 5) is 0. The highest BCUT2D eigenvalue weighted by atomic mass is 16.3. The minimum atomic E-state index is -1.02. The van der Waals surface area contributed by atoms with E-state index in [9.17, 15) is 15.3 Å². The summed E-state index contributed by atoms with van der Waals surface area (Å²) >= 11 is 0. The minimum absolute atomic E-state index is 0.301. The van der Waals surface area contributed by atoms with Gasteiger partial charge in [0.15, 0.2) is 0 Å². The number of nitrogens with one attached hydrogen (secondary N) is 1. The number of hydrogen-bond donors (Lipinski definition) is 4. The Balaban J connectivity index is 2.72. The molecule has 0 atom stereocenters. The monoisotopic (exact) mass is 239 g/mol. The minimum Gasteiger partial charge on any atom is -0.394 e. The van der Waals surface area contributed by atoms with Crippen LogP contribution in [-0.2, 0) is 6.54 Å². The van der Waals surface area contributed by atoms with Gasteiger partial charge in [-0.25, -0.2) is 0 Å². The third kappa shape index (κ3) is 3.51. The Kier molecular flexibility index (Phi) is 5.08. The first-order valence-corrected chi connectivity index (χ1v) is 5.70. The smallest absolute Gasteiger partial charge is 0.0884 e. The molecule has 4 nitrogen and oxygen atoms in total. The SMILES string of the molecule is Cc1ccc(CNC(CO)(CO)CO)c(C)c1. The van der Waals surface area contributed by atoms with Gasteiger partial charge >= 0.3 is 0 Å². The van der Waals surface area contributed by atoms with Crippen LogP contribution in [0.3, 0.4) is 0 Å². The van der Waals surface area contributed by atoms with Crippen LogP contribution in [0, 0.1) is 13.8 Å². The first kappa shape index (κ1) is 14.1. The molecule has 0 amide bonds. The molecule has 0 bridgehead atoms. The summed E-state index contributed by atoms with van der Waals surface area (Å²) in [7, 11) is 0. The van der Waals surface area contributed by atoms with E-state index in [2.05, 4.69) is 11.4 Å². The highest BCUT2D eigenvalue weighted by molar-refractivity contribution is 5.30. The molecule has 0 aromatic heterocycles. The van der Waals surface area contributed by atoms with E-state index in [-0.39, 0.29) is 19.8 Å². The van der Waals surface area contributed by atoms with Crippen LogP contribution in [0.15, 0.2) is 18.2 Å². The van der Waals surface area contributed by atoms with Gasteiger partial charge in [-0.3, -0.25) is 0 Å². The van der Waals surface area contributed by atoms with Crippen molar-refractivity contribution in [3.05, 3.63) is 34.9 Å². The molecule has 96 valence electrons. The van der Waals surface area contributed by atoms with E-state index in [1.165, 1.54) is 5.56 Å². The Labute approximate surface area is 102 Å². The van der Waals surface area contributed by atoms with Crippen molar-refractivity contribution < 1.29 is 15.3 Å². The Morgan fingerprint density at radius 3 is 2.12 bits per heavy atom. The second-order valence-electron chi connectivity index (χ2n) is 4.54. The van der Waals surface area contributed by atoms with Gasteiger partial charge in [0.25, 0.3) is 0 Å². The number of hydrogen-bond acceptors (Lipinski definition) is 4. The average Bonchev–Trinajstić information content (AvgIpc) is 2.33. The standard InChI is InChI=1S/C13H21NO3/c1-10-3-4-12(11(2)5-10)6-14-13(7-15,8-16)9-17/h3-5,14-17H,6-9H2,1-2H3. The third-order valence-corrected chi connectivity index (χ3v) is 3.06. The number of aliphatic hydroxyl groups is 3. The van der Waals surface area contributed by atoms with Crippen LogP contribution in [0.4, 0.5) is 0 Å². The van der Waals surface area contributed by atoms with Crippen molar-refractivity contribution >= 4 is 0 Å². The lowest BCUT2D eigenvalue weighted by Gasteiger charge is -2.29. The fourth-order valence-corrected chi connectivity index (χ4v) is 1.64. The lowest BCUT2D eigenvalue weighted by Crippen LogP contribution is -2.54. The van der Waals surface area contributed by atoms with Gasteiger partial charge in [0.05, 0.1) is 25.4 Å². The van der Waals surface area contributed by atoms with Crippen molar-refractivity contribution in [2.45, 2.75) is 25.9 Å². The largest absolute Gasteiger partial charge is 0.394 e. The summed E-state index contributed by atoms with van der Waals surface area (Å²) < 4.78 is 0. The molecule has 4 heteroatoms. The molecule has 0 fully saturated rings. The summed E-state index contributed by atoms with van der Waals surface area (Å²) in [6.45, 7) is 3.65. The molecule has 17 heavy (non-hydrogen) atoms. The van der Waals surface area contributed by atoms with Crippen LogP contribution in [0.25, 0.3) is 0 Å². The molecule has 1 aromatic rings. The lowest BCUT2D eigenvalue weighted by atomic mass is 10.0. The maximum Gasteiger partial charge on any atom is 0.0884 e. The maximum atomic E-state index is 9.19. The molecular weight excluding hydrogens is 218 g/mol. The molecule has 0 radical (unpaired) electrons. The van der Waals surface area contributed by atoms with E-state index < -0.39 is 5.54 Å². The van der Waals surface area contributed by atoms with Gasteiger partial charge in [0, 0.05) is 6.54 Å². The molecule has 0 aliphatic heterocycles. The predicted octanol–water partition coefficient (Wildman–Crippen LogP) is 0.109. The lowest BCUT2D eigenvalue weighted by molar-refractivity contribution is 0.0413. The van der Waals surface area contributed by atoms with E-state index >= 15 is 0 Å². The molecule has 1 rings (SSSR count). The van der Waals surface area contributed by atoms with Gasteiger partial charge < -0.3 is 20.6 Å². The number of aryl methyl sites for hydroxylation is 2. The van der Waals surface area contributed by atoms with E-state index in [1.54, 1.807) is 0 Å². The highest BCUT2D eigenvalue weighted by Crippen LogP contribution is 2.12. The van der Waals surface area contributed by atoms with Gasteiger partial charge in [-0.15, -0.1) is 0 Å². The van der Waals surface area contributed by atoms with Crippen molar-refractivity contribution in [1.29, 1.82) is 0 Å². The summed E-state index contributed by atoms with van der Waals surface area (Å²) in [5, 5.41) is 30.6. The molecule has 0 saturated heterocycles. The maximum absolute atomic E-state index is 9.19.